The number of halogens is 3. The van der Waals surface area contributed by atoms with Crippen LogP contribution < -0.4 is 10.1 Å². The molecule has 10 heteroatoms. The lowest BCUT2D eigenvalue weighted by molar-refractivity contribution is -0.136. The number of alkyl halides is 3. The van der Waals surface area contributed by atoms with Crippen LogP contribution in [0.4, 0.5) is 19.2 Å². The van der Waals surface area contributed by atoms with Crippen LogP contribution in [-0.4, -0.2) is 40.5 Å². The van der Waals surface area contributed by atoms with Crippen LogP contribution in [0.15, 0.2) is 22.6 Å². The Morgan fingerprint density at radius 3 is 2.52 bits per heavy atom. The van der Waals surface area contributed by atoms with Crippen molar-refractivity contribution in [3.05, 3.63) is 29.3 Å². The fourth-order valence-electron chi connectivity index (χ4n) is 2.58. The molecule has 1 aromatic carbocycles. The van der Waals surface area contributed by atoms with Crippen molar-refractivity contribution < 1.29 is 27.4 Å². The third-order valence-corrected chi connectivity index (χ3v) is 3.89. The number of hydrogen-bond acceptors (Lipinski definition) is 7. The summed E-state index contributed by atoms with van der Waals surface area (Å²) in [6.07, 6.45) is -4.11. The summed E-state index contributed by atoms with van der Waals surface area (Å²) in [5.41, 5.74) is -0.417. The highest BCUT2D eigenvalue weighted by Crippen LogP contribution is 2.38. The maximum absolute atomic E-state index is 13.5. The van der Waals surface area contributed by atoms with Gasteiger partial charge in [0.25, 0.3) is 5.89 Å². The quantitative estimate of drug-likeness (QED) is 0.578. The number of nitrogens with zero attached hydrogens (tertiary/aromatic N) is 3. The van der Waals surface area contributed by atoms with Gasteiger partial charge in [0, 0.05) is 18.5 Å². The van der Waals surface area contributed by atoms with Gasteiger partial charge in [-0.1, -0.05) is 18.9 Å². The molecule has 3 rings (SSSR count). The maximum atomic E-state index is 13.5. The van der Waals surface area contributed by atoms with Gasteiger partial charge in [0.05, 0.1) is 18.2 Å². The van der Waals surface area contributed by atoms with E-state index in [2.05, 4.69) is 20.5 Å². The van der Waals surface area contributed by atoms with E-state index in [0.717, 1.165) is 6.07 Å². The summed E-state index contributed by atoms with van der Waals surface area (Å²) in [6, 6.07) is 4.09. The molecule has 0 fully saturated rings. The van der Waals surface area contributed by atoms with Gasteiger partial charge in [-0.15, -0.1) is 5.10 Å². The highest BCUT2D eigenvalue weighted by atomic mass is 19.4. The summed E-state index contributed by atoms with van der Waals surface area (Å²) in [4.78, 5) is 4.12. The Labute approximate surface area is 165 Å². The molecule has 0 saturated heterocycles. The summed E-state index contributed by atoms with van der Waals surface area (Å²) < 4.78 is 50.9. The number of nitrogens with one attached hydrogen (secondary N) is 1. The van der Waals surface area contributed by atoms with E-state index in [0.29, 0.717) is 23.9 Å². The van der Waals surface area contributed by atoms with Gasteiger partial charge in [-0.25, -0.2) is 4.98 Å². The summed E-state index contributed by atoms with van der Waals surface area (Å²) in [6.45, 7) is 6.09. The number of aliphatic hydroxyl groups is 1. The summed E-state index contributed by atoms with van der Waals surface area (Å²) in [5, 5.41) is 19.5. The van der Waals surface area contributed by atoms with Crippen LogP contribution in [0.25, 0.3) is 22.5 Å². The summed E-state index contributed by atoms with van der Waals surface area (Å²) in [7, 11) is 1.31. The molecule has 0 unspecified atom stereocenters. The molecule has 0 atom stereocenters. The predicted molar refractivity (Wildman–Crippen MR) is 103 cm³/mol. The Balaban J connectivity index is 0.00000145. The van der Waals surface area contributed by atoms with Gasteiger partial charge in [-0.05, 0) is 37.1 Å². The number of rotatable bonds is 6. The number of anilines is 1. The monoisotopic (exact) mass is 412 g/mol. The average Bonchev–Trinajstić information content (AvgIpc) is 3.17. The molecule has 0 spiro atoms. The second-order valence-electron chi connectivity index (χ2n) is 5.81. The van der Waals surface area contributed by atoms with Gasteiger partial charge in [0.2, 0.25) is 0 Å². The van der Waals surface area contributed by atoms with Crippen molar-refractivity contribution in [3.63, 3.8) is 0 Å². The summed E-state index contributed by atoms with van der Waals surface area (Å²) >= 11 is 0. The molecule has 29 heavy (non-hydrogen) atoms. The molecule has 0 amide bonds. The van der Waals surface area contributed by atoms with Crippen LogP contribution in [0.2, 0.25) is 0 Å². The molecule has 158 valence electrons. The minimum Gasteiger partial charge on any atom is -0.497 e. The second-order valence-corrected chi connectivity index (χ2v) is 5.81. The van der Waals surface area contributed by atoms with Crippen molar-refractivity contribution >= 4 is 16.9 Å². The number of hydrogen-bond donors (Lipinski definition) is 2. The molecule has 2 aromatic heterocycles. The average molecular weight is 412 g/mol. The Hall–Kier alpha value is -2.88. The first-order valence-electron chi connectivity index (χ1n) is 9.08. The number of ether oxygens (including phenoxy) is 1. The zero-order valence-electron chi connectivity index (χ0n) is 16.6. The third-order valence-electron chi connectivity index (χ3n) is 3.89. The lowest BCUT2D eigenvalue weighted by Gasteiger charge is -2.14. The van der Waals surface area contributed by atoms with Gasteiger partial charge in [-0.3, -0.25) is 0 Å². The molecule has 0 aliphatic carbocycles. The highest BCUT2D eigenvalue weighted by molar-refractivity contribution is 5.88. The van der Waals surface area contributed by atoms with Crippen LogP contribution in [-0.2, 0) is 6.18 Å². The molecule has 0 radical (unpaired) electrons. The maximum Gasteiger partial charge on any atom is 0.418 e. The zero-order chi connectivity index (χ0) is 21.6. The number of pyridine rings is 1. The van der Waals surface area contributed by atoms with Gasteiger partial charge in [-0.2, -0.15) is 13.2 Å². The molecule has 0 aliphatic rings. The zero-order valence-corrected chi connectivity index (χ0v) is 16.6. The Kier molecular flexibility index (Phi) is 7.38. The van der Waals surface area contributed by atoms with E-state index in [4.69, 9.17) is 14.3 Å². The SMILES string of the molecule is CC.COc1cc(C(F)(F)F)c2nc(-c3nnc(NCCCO)o3)cc(C)c2c1. The van der Waals surface area contributed by atoms with Crippen molar-refractivity contribution in [3.8, 4) is 17.3 Å². The number of aromatic nitrogens is 3. The number of methoxy groups -OCH3 is 1. The highest BCUT2D eigenvalue weighted by Gasteiger charge is 2.34. The first kappa shape index (κ1) is 22.4. The van der Waals surface area contributed by atoms with Gasteiger partial charge in [0.1, 0.15) is 11.4 Å². The van der Waals surface area contributed by atoms with Gasteiger partial charge < -0.3 is 19.6 Å². The van der Waals surface area contributed by atoms with Crippen LogP contribution in [0.1, 0.15) is 31.4 Å². The molecular weight excluding hydrogens is 389 g/mol. The molecule has 0 aliphatic heterocycles. The second kappa shape index (κ2) is 9.55. The molecule has 2 heterocycles. The van der Waals surface area contributed by atoms with Crippen LogP contribution in [0.5, 0.6) is 5.75 Å². The molecule has 2 N–H and O–H groups in total. The van der Waals surface area contributed by atoms with Gasteiger partial charge >= 0.3 is 12.2 Å². The Morgan fingerprint density at radius 2 is 1.90 bits per heavy atom. The van der Waals surface area contributed by atoms with E-state index in [9.17, 15) is 13.2 Å². The lowest BCUT2D eigenvalue weighted by Crippen LogP contribution is -2.08. The molecule has 0 saturated carbocycles. The van der Waals surface area contributed by atoms with Crippen LogP contribution >= 0.6 is 0 Å². The lowest BCUT2D eigenvalue weighted by atomic mass is 10.0. The van der Waals surface area contributed by atoms with Crippen molar-refractivity contribution in [2.75, 3.05) is 25.6 Å². The first-order valence-corrected chi connectivity index (χ1v) is 9.08. The number of aliphatic hydroxyl groups excluding tert-OH is 1. The fourth-order valence-corrected chi connectivity index (χ4v) is 2.58. The molecule has 3 aromatic rings. The predicted octanol–water partition coefficient (Wildman–Crippen LogP) is 4.44. The Morgan fingerprint density at radius 1 is 1.17 bits per heavy atom. The number of benzene rings is 1. The van der Waals surface area contributed by atoms with E-state index in [-0.39, 0.29) is 35.5 Å². The van der Waals surface area contributed by atoms with E-state index >= 15 is 0 Å². The molecular formula is C19H23F3N4O3. The Bertz CT molecular complexity index is 958. The standard InChI is InChI=1S/C17H17F3N4O3.C2H6/c1-9-6-13(15-23-24-16(27-15)21-4-3-5-25)22-14-11(9)7-10(26-2)8-12(14)17(18,19)20;1-2/h6-8,25H,3-5H2,1-2H3,(H,21,24);1-2H3. The van der Waals surface area contributed by atoms with E-state index in [1.54, 1.807) is 13.0 Å². The largest absolute Gasteiger partial charge is 0.497 e. The molecule has 7 nitrogen and oxygen atoms in total. The smallest absolute Gasteiger partial charge is 0.418 e. The van der Waals surface area contributed by atoms with E-state index in [1.165, 1.54) is 13.2 Å². The fraction of sp³-hybridized carbons (Fsp3) is 0.421. The summed E-state index contributed by atoms with van der Waals surface area (Å²) in [5.74, 6) is 0.0936. The first-order chi connectivity index (χ1) is 13.8. The number of aryl methyl sites for hydroxylation is 1. The molecule has 0 bridgehead atoms. The van der Waals surface area contributed by atoms with Crippen molar-refractivity contribution in [2.45, 2.75) is 33.4 Å². The van der Waals surface area contributed by atoms with Crippen LogP contribution in [0, 0.1) is 6.92 Å². The van der Waals surface area contributed by atoms with E-state index in [1.807, 2.05) is 13.8 Å². The third kappa shape index (κ3) is 5.14. The van der Waals surface area contributed by atoms with Crippen molar-refractivity contribution in [1.29, 1.82) is 0 Å². The number of fused-ring (bicyclic) bond motifs is 1. The minimum absolute atomic E-state index is 0.00308. The minimum atomic E-state index is -4.60. The topological polar surface area (TPSA) is 93.3 Å². The van der Waals surface area contributed by atoms with Crippen molar-refractivity contribution in [2.24, 2.45) is 0 Å². The normalized spacial score (nSPS) is 11.2. The van der Waals surface area contributed by atoms with E-state index < -0.39 is 11.7 Å². The van der Waals surface area contributed by atoms with Crippen molar-refractivity contribution in [1.82, 2.24) is 15.2 Å². The van der Waals surface area contributed by atoms with Crippen LogP contribution in [0.3, 0.4) is 0 Å². The van der Waals surface area contributed by atoms with Gasteiger partial charge in [0.15, 0.2) is 0 Å².